The van der Waals surface area contributed by atoms with E-state index in [1.807, 2.05) is 6.92 Å². The summed E-state index contributed by atoms with van der Waals surface area (Å²) in [5.74, 6) is 0.635. The highest BCUT2D eigenvalue weighted by Crippen LogP contribution is 2.22. The van der Waals surface area contributed by atoms with E-state index in [4.69, 9.17) is 0 Å². The van der Waals surface area contributed by atoms with E-state index >= 15 is 0 Å². The minimum absolute atomic E-state index is 0. The first-order valence-electron chi connectivity index (χ1n) is 8.89. The van der Waals surface area contributed by atoms with Crippen LogP contribution >= 0.6 is 35.7 Å². The summed E-state index contributed by atoms with van der Waals surface area (Å²) in [6.45, 7) is 5.60. The third-order valence-corrected chi connectivity index (χ3v) is 6.51. The van der Waals surface area contributed by atoms with E-state index < -0.39 is 9.84 Å². The van der Waals surface area contributed by atoms with Crippen molar-refractivity contribution in [3.63, 3.8) is 0 Å². The molecular weight excluding hydrogens is 505 g/mol. The maximum absolute atomic E-state index is 12.4. The van der Waals surface area contributed by atoms with E-state index in [0.29, 0.717) is 30.5 Å². The van der Waals surface area contributed by atoms with Crippen LogP contribution in [0, 0.1) is 6.92 Å². The summed E-state index contributed by atoms with van der Waals surface area (Å²) >= 11 is 1.70. The molecule has 28 heavy (non-hydrogen) atoms. The zero-order valence-electron chi connectivity index (χ0n) is 16.4. The molecule has 0 aromatic heterocycles. The van der Waals surface area contributed by atoms with Gasteiger partial charge in [0, 0.05) is 18.0 Å². The van der Waals surface area contributed by atoms with E-state index in [-0.39, 0.29) is 29.7 Å². The van der Waals surface area contributed by atoms with E-state index in [9.17, 15) is 8.42 Å². The standard InChI is InChI=1S/C20H27N3O2S2.HI/c1-4-21-20(23-15-17-11-10-16(2)14-19(17)26-3)22-12-13-27(24,25)18-8-6-5-7-9-18;/h5-11,14H,4,12-13,15H2,1-3H3,(H2,21,22,23);1H. The lowest BCUT2D eigenvalue weighted by molar-refractivity contribution is 0.594. The second kappa shape index (κ2) is 12.3. The van der Waals surface area contributed by atoms with Gasteiger partial charge in [0.2, 0.25) is 0 Å². The summed E-state index contributed by atoms with van der Waals surface area (Å²) in [6, 6.07) is 14.8. The predicted molar refractivity (Wildman–Crippen MR) is 130 cm³/mol. The predicted octanol–water partition coefficient (Wildman–Crippen LogP) is 3.86. The maximum Gasteiger partial charge on any atom is 0.191 e. The van der Waals surface area contributed by atoms with Gasteiger partial charge in [-0.05, 0) is 49.4 Å². The van der Waals surface area contributed by atoms with Crippen molar-refractivity contribution in [3.8, 4) is 0 Å². The number of aliphatic imine (C=N–C) groups is 1. The van der Waals surface area contributed by atoms with Crippen LogP contribution in [0.15, 0.2) is 63.3 Å². The van der Waals surface area contributed by atoms with Gasteiger partial charge in [-0.1, -0.05) is 30.3 Å². The molecule has 2 N–H and O–H groups in total. The van der Waals surface area contributed by atoms with Crippen LogP contribution in [0.3, 0.4) is 0 Å². The first kappa shape index (κ1) is 24.8. The molecule has 154 valence electrons. The van der Waals surface area contributed by atoms with E-state index in [2.05, 4.69) is 47.0 Å². The molecule has 0 aliphatic rings. The molecule has 0 saturated heterocycles. The van der Waals surface area contributed by atoms with Gasteiger partial charge in [-0.15, -0.1) is 35.7 Å². The fraction of sp³-hybridized carbons (Fsp3) is 0.350. The minimum atomic E-state index is -3.30. The summed E-state index contributed by atoms with van der Waals surface area (Å²) < 4.78 is 24.7. The summed E-state index contributed by atoms with van der Waals surface area (Å²) in [5.41, 5.74) is 2.38. The van der Waals surface area contributed by atoms with Crippen LogP contribution in [0.4, 0.5) is 0 Å². The van der Waals surface area contributed by atoms with Crippen molar-refractivity contribution in [2.75, 3.05) is 25.1 Å². The Bertz CT molecular complexity index is 872. The SMILES string of the molecule is CCNC(=NCc1ccc(C)cc1SC)NCCS(=O)(=O)c1ccccc1.I. The Balaban J connectivity index is 0.00000392. The van der Waals surface area contributed by atoms with Crippen LogP contribution in [0.25, 0.3) is 0 Å². The van der Waals surface area contributed by atoms with Crippen molar-refractivity contribution < 1.29 is 8.42 Å². The van der Waals surface area contributed by atoms with Crippen LogP contribution in [-0.4, -0.2) is 39.5 Å². The van der Waals surface area contributed by atoms with Gasteiger partial charge < -0.3 is 10.6 Å². The molecule has 2 aromatic rings. The third-order valence-electron chi connectivity index (χ3n) is 3.96. The number of halogens is 1. The monoisotopic (exact) mass is 533 g/mol. The van der Waals surface area contributed by atoms with E-state index in [1.165, 1.54) is 10.5 Å². The van der Waals surface area contributed by atoms with Gasteiger partial charge in [-0.2, -0.15) is 0 Å². The molecule has 0 spiro atoms. The molecule has 0 fully saturated rings. The highest BCUT2D eigenvalue weighted by atomic mass is 127. The van der Waals surface area contributed by atoms with Crippen LogP contribution < -0.4 is 10.6 Å². The van der Waals surface area contributed by atoms with Crippen LogP contribution in [0.5, 0.6) is 0 Å². The second-order valence-corrected chi connectivity index (χ2v) is 9.03. The van der Waals surface area contributed by atoms with Gasteiger partial charge in [-0.25, -0.2) is 13.4 Å². The molecular formula is C20H28IN3O2S2. The first-order valence-corrected chi connectivity index (χ1v) is 11.8. The Morgan fingerprint density at radius 2 is 1.82 bits per heavy atom. The van der Waals surface area contributed by atoms with Crippen molar-refractivity contribution in [1.82, 2.24) is 10.6 Å². The number of hydrogen-bond acceptors (Lipinski definition) is 4. The lowest BCUT2D eigenvalue weighted by atomic mass is 10.1. The molecule has 0 aliphatic heterocycles. The van der Waals surface area contributed by atoms with Gasteiger partial charge in [0.1, 0.15) is 0 Å². The Morgan fingerprint density at radius 3 is 2.46 bits per heavy atom. The number of nitrogens with one attached hydrogen (secondary N) is 2. The highest BCUT2D eigenvalue weighted by Gasteiger charge is 2.13. The van der Waals surface area contributed by atoms with Crippen LogP contribution in [0.1, 0.15) is 18.1 Å². The topological polar surface area (TPSA) is 70.6 Å². The second-order valence-electron chi connectivity index (χ2n) is 6.07. The highest BCUT2D eigenvalue weighted by molar-refractivity contribution is 14.0. The van der Waals surface area contributed by atoms with Gasteiger partial charge in [0.25, 0.3) is 0 Å². The van der Waals surface area contributed by atoms with Gasteiger partial charge in [-0.3, -0.25) is 0 Å². The number of rotatable bonds is 8. The molecule has 8 heteroatoms. The number of benzene rings is 2. The average Bonchev–Trinajstić information content (AvgIpc) is 2.67. The quantitative estimate of drug-likeness (QED) is 0.234. The molecule has 0 unspecified atom stereocenters. The summed E-state index contributed by atoms with van der Waals surface area (Å²) in [4.78, 5) is 6.16. The first-order chi connectivity index (χ1) is 13.0. The number of hydrogen-bond donors (Lipinski definition) is 2. The lowest BCUT2D eigenvalue weighted by Gasteiger charge is -2.12. The number of aryl methyl sites for hydroxylation is 1. The smallest absolute Gasteiger partial charge is 0.191 e. The maximum atomic E-state index is 12.4. The van der Waals surface area contributed by atoms with Crippen molar-refractivity contribution in [2.45, 2.75) is 30.2 Å². The minimum Gasteiger partial charge on any atom is -0.357 e. The Hall–Kier alpha value is -1.26. The Morgan fingerprint density at radius 1 is 1.11 bits per heavy atom. The number of sulfone groups is 1. The Labute approximate surface area is 189 Å². The van der Waals surface area contributed by atoms with Crippen molar-refractivity contribution in [1.29, 1.82) is 0 Å². The number of thioether (sulfide) groups is 1. The van der Waals surface area contributed by atoms with Gasteiger partial charge in [0.05, 0.1) is 17.2 Å². The third kappa shape index (κ3) is 7.63. The fourth-order valence-corrected chi connectivity index (χ4v) is 4.41. The zero-order valence-corrected chi connectivity index (χ0v) is 20.4. The van der Waals surface area contributed by atoms with Crippen molar-refractivity contribution in [2.24, 2.45) is 4.99 Å². The Kier molecular flexibility index (Phi) is 10.9. The molecule has 0 saturated carbocycles. The largest absolute Gasteiger partial charge is 0.357 e. The van der Waals surface area contributed by atoms with Gasteiger partial charge >= 0.3 is 0 Å². The molecule has 2 rings (SSSR count). The number of guanidine groups is 1. The molecule has 0 amide bonds. The van der Waals surface area contributed by atoms with Crippen molar-refractivity contribution >= 4 is 51.5 Å². The summed E-state index contributed by atoms with van der Waals surface area (Å²) in [5, 5.41) is 6.28. The van der Waals surface area contributed by atoms with Crippen molar-refractivity contribution in [3.05, 3.63) is 59.7 Å². The molecule has 2 aromatic carbocycles. The van der Waals surface area contributed by atoms with E-state index in [1.54, 1.807) is 42.1 Å². The summed E-state index contributed by atoms with van der Waals surface area (Å²) in [7, 11) is -3.30. The lowest BCUT2D eigenvalue weighted by Crippen LogP contribution is -2.39. The molecule has 5 nitrogen and oxygen atoms in total. The molecule has 0 aliphatic carbocycles. The zero-order chi connectivity index (χ0) is 19.7. The molecule has 0 heterocycles. The molecule has 0 radical (unpaired) electrons. The number of nitrogens with zero attached hydrogens (tertiary/aromatic N) is 1. The van der Waals surface area contributed by atoms with Gasteiger partial charge in [0.15, 0.2) is 15.8 Å². The fourth-order valence-electron chi connectivity index (χ4n) is 2.54. The summed E-state index contributed by atoms with van der Waals surface area (Å²) in [6.07, 6.45) is 2.06. The molecule has 0 bridgehead atoms. The normalized spacial score (nSPS) is 11.6. The van der Waals surface area contributed by atoms with Crippen LogP contribution in [0.2, 0.25) is 0 Å². The average molecular weight is 534 g/mol. The molecule has 0 atom stereocenters. The van der Waals surface area contributed by atoms with E-state index in [0.717, 1.165) is 5.56 Å². The van der Waals surface area contributed by atoms with Crippen LogP contribution in [-0.2, 0) is 16.4 Å².